The molecule has 5 heteroatoms. The van der Waals surface area contributed by atoms with Crippen LogP contribution in [0.3, 0.4) is 0 Å². The third-order valence-corrected chi connectivity index (χ3v) is 16.7. The van der Waals surface area contributed by atoms with Crippen LogP contribution in [-0.2, 0) is 16.2 Å². The molecular formula is C75H62N4O. The smallest absolute Gasteiger partial charge is 0.137 e. The van der Waals surface area contributed by atoms with Gasteiger partial charge in [0.15, 0.2) is 0 Å². The fraction of sp³-hybridized carbons (Fsp3) is 0.133. The van der Waals surface area contributed by atoms with Crippen LogP contribution in [0.15, 0.2) is 255 Å². The van der Waals surface area contributed by atoms with E-state index in [1.165, 1.54) is 55.4 Å². The predicted octanol–water partition coefficient (Wildman–Crippen LogP) is 19.5. The molecule has 3 heterocycles. The van der Waals surface area contributed by atoms with Crippen LogP contribution in [0.1, 0.15) is 74.9 Å². The van der Waals surface area contributed by atoms with Gasteiger partial charge in [0.05, 0.1) is 33.5 Å². The molecule has 0 radical (unpaired) electrons. The lowest BCUT2D eigenvalue weighted by Gasteiger charge is -2.36. The van der Waals surface area contributed by atoms with Gasteiger partial charge in [-0.15, -0.1) is 0 Å². The van der Waals surface area contributed by atoms with Gasteiger partial charge in [-0.3, -0.25) is 4.57 Å². The van der Waals surface area contributed by atoms with Crippen molar-refractivity contribution in [2.75, 3.05) is 16.5 Å². The van der Waals surface area contributed by atoms with E-state index in [1.54, 1.807) is 0 Å². The molecule has 0 saturated heterocycles. The van der Waals surface area contributed by atoms with Gasteiger partial charge in [-0.2, -0.15) is 0 Å². The summed E-state index contributed by atoms with van der Waals surface area (Å²) in [6.07, 6.45) is 1.95. The fourth-order valence-electron chi connectivity index (χ4n) is 13.0. The molecule has 0 spiro atoms. The predicted molar refractivity (Wildman–Crippen MR) is 333 cm³/mol. The van der Waals surface area contributed by atoms with Crippen molar-refractivity contribution in [1.29, 1.82) is 0 Å². The van der Waals surface area contributed by atoms with Gasteiger partial charge in [-0.1, -0.05) is 217 Å². The third-order valence-electron chi connectivity index (χ3n) is 16.7. The maximum Gasteiger partial charge on any atom is 0.137 e. The van der Waals surface area contributed by atoms with Crippen molar-refractivity contribution in [3.63, 3.8) is 0 Å². The van der Waals surface area contributed by atoms with Gasteiger partial charge in [0.25, 0.3) is 0 Å². The highest BCUT2D eigenvalue weighted by Gasteiger charge is 2.47. The van der Waals surface area contributed by atoms with E-state index in [9.17, 15) is 0 Å². The van der Waals surface area contributed by atoms with Crippen LogP contribution in [0.25, 0.3) is 61.0 Å². The average molecular weight is 1040 g/mol. The van der Waals surface area contributed by atoms with E-state index in [0.717, 1.165) is 73.2 Å². The number of para-hydroxylation sites is 3. The number of ether oxygens (including phenoxy) is 1. The third kappa shape index (κ3) is 7.93. The van der Waals surface area contributed by atoms with E-state index in [1.807, 2.05) is 6.20 Å². The van der Waals surface area contributed by atoms with Gasteiger partial charge >= 0.3 is 0 Å². The Morgan fingerprint density at radius 1 is 0.438 bits per heavy atom. The highest BCUT2D eigenvalue weighted by molar-refractivity contribution is 6.11. The topological polar surface area (TPSA) is 33.5 Å². The summed E-state index contributed by atoms with van der Waals surface area (Å²) in [5.74, 6) is 2.41. The van der Waals surface area contributed by atoms with Crippen LogP contribution in [-0.4, -0.2) is 16.2 Å². The van der Waals surface area contributed by atoms with Gasteiger partial charge in [0.2, 0.25) is 0 Å². The molecule has 0 unspecified atom stereocenters. The standard InChI is InChI=1S/C75H62N4O/c1-73(2,3)53-42-43-76-70(46-53)79-69-48-57(40-41-60(69)61-34-23-37-66(72(61)79)74(4,5)6)80-56-31-22-30-55(47-56)77-49-78(68-39-21-20-38-67(68)77)71-62(50-24-10-7-11-25-50)44-54(45-63(71)51-26-12-8-13-27-51)75(52-28-14-9-15-29-52)64-35-18-16-32-58(64)59-33-17-19-36-65(59)75/h7-48H,49H2,1-6H3. The summed E-state index contributed by atoms with van der Waals surface area (Å²) >= 11 is 0. The van der Waals surface area contributed by atoms with Gasteiger partial charge in [-0.05, 0) is 127 Å². The Bertz CT molecular complexity index is 4230. The Kier molecular flexibility index (Phi) is 11.5. The molecule has 80 heavy (non-hydrogen) atoms. The molecule has 5 nitrogen and oxygen atoms in total. The zero-order chi connectivity index (χ0) is 54.3. The number of hydrogen-bond acceptors (Lipinski definition) is 4. The molecule has 0 amide bonds. The van der Waals surface area contributed by atoms with Crippen molar-refractivity contribution in [3.8, 4) is 50.7 Å². The van der Waals surface area contributed by atoms with Gasteiger partial charge < -0.3 is 14.5 Å². The summed E-state index contributed by atoms with van der Waals surface area (Å²) in [4.78, 5) is 10.0. The van der Waals surface area contributed by atoms with E-state index >= 15 is 0 Å². The first-order valence-corrected chi connectivity index (χ1v) is 28.0. The fourth-order valence-corrected chi connectivity index (χ4v) is 13.0. The summed E-state index contributed by atoms with van der Waals surface area (Å²) < 4.78 is 9.34. The molecule has 1 aliphatic heterocycles. The average Bonchev–Trinajstić information content (AvgIpc) is 3.65. The minimum atomic E-state index is -0.597. The van der Waals surface area contributed by atoms with Gasteiger partial charge in [0.1, 0.15) is 24.0 Å². The molecule has 388 valence electrons. The summed E-state index contributed by atoms with van der Waals surface area (Å²) in [6, 6.07) is 91.2. The largest absolute Gasteiger partial charge is 0.457 e. The normalized spacial score (nSPS) is 13.6. The van der Waals surface area contributed by atoms with Crippen LogP contribution in [0, 0.1) is 0 Å². The number of pyridine rings is 1. The molecule has 14 rings (SSSR count). The molecule has 1 aliphatic carbocycles. The molecule has 12 aromatic rings. The number of fused-ring (bicyclic) bond motifs is 7. The Morgan fingerprint density at radius 2 is 1.01 bits per heavy atom. The van der Waals surface area contributed by atoms with E-state index < -0.39 is 5.41 Å². The molecule has 0 saturated carbocycles. The number of rotatable bonds is 9. The van der Waals surface area contributed by atoms with E-state index in [2.05, 4.69) is 305 Å². The van der Waals surface area contributed by atoms with Crippen molar-refractivity contribution < 1.29 is 4.74 Å². The first-order valence-electron chi connectivity index (χ1n) is 28.0. The Labute approximate surface area is 469 Å². The first kappa shape index (κ1) is 48.9. The second-order valence-electron chi connectivity index (χ2n) is 23.6. The summed E-state index contributed by atoms with van der Waals surface area (Å²) in [7, 11) is 0. The number of hydrogen-bond donors (Lipinski definition) is 0. The lowest BCUT2D eigenvalue weighted by atomic mass is 9.66. The van der Waals surface area contributed by atoms with E-state index in [4.69, 9.17) is 9.72 Å². The Morgan fingerprint density at radius 3 is 1.65 bits per heavy atom. The van der Waals surface area contributed by atoms with Crippen molar-refractivity contribution in [2.45, 2.75) is 57.8 Å². The van der Waals surface area contributed by atoms with Gasteiger partial charge in [-0.25, -0.2) is 4.98 Å². The van der Waals surface area contributed by atoms with Crippen LogP contribution >= 0.6 is 0 Å². The van der Waals surface area contributed by atoms with Crippen molar-refractivity contribution in [2.24, 2.45) is 0 Å². The quantitative estimate of drug-likeness (QED) is 0.144. The maximum atomic E-state index is 6.99. The zero-order valence-electron chi connectivity index (χ0n) is 46.2. The van der Waals surface area contributed by atoms with Crippen molar-refractivity contribution >= 4 is 44.6 Å². The molecular weight excluding hydrogens is 973 g/mol. The molecule has 0 N–H and O–H groups in total. The van der Waals surface area contributed by atoms with Crippen LogP contribution in [0.4, 0.5) is 22.7 Å². The lowest BCUT2D eigenvalue weighted by molar-refractivity contribution is 0.483. The number of anilines is 4. The molecule has 2 aromatic heterocycles. The summed E-state index contributed by atoms with van der Waals surface area (Å²) in [6.45, 7) is 14.2. The van der Waals surface area contributed by atoms with Crippen LogP contribution in [0.2, 0.25) is 0 Å². The SMILES string of the molecule is CC(C)(C)c1ccnc(-n2c3cc(Oc4cccc(N5CN(c6c(-c7ccccc7)cc(C7(c8ccccc8)c8ccccc8-c8ccccc87)cc6-c6ccccc6)c6ccccc65)c4)ccc3c3cccc(C(C)(C)C)c32)c1. The van der Waals surface area contributed by atoms with Gasteiger partial charge in [0, 0.05) is 45.9 Å². The molecule has 2 aliphatic rings. The molecule has 0 atom stereocenters. The molecule has 0 bridgehead atoms. The van der Waals surface area contributed by atoms with E-state index in [-0.39, 0.29) is 10.8 Å². The lowest BCUT2D eigenvalue weighted by Crippen LogP contribution is -2.29. The number of nitrogens with zero attached hydrogens (tertiary/aromatic N) is 4. The minimum absolute atomic E-state index is 0.0451. The summed E-state index contributed by atoms with van der Waals surface area (Å²) in [5, 5.41) is 2.36. The van der Waals surface area contributed by atoms with E-state index in [0.29, 0.717) is 6.67 Å². The van der Waals surface area contributed by atoms with Crippen LogP contribution in [0.5, 0.6) is 11.5 Å². The molecule has 0 fully saturated rings. The summed E-state index contributed by atoms with van der Waals surface area (Å²) in [5.41, 5.74) is 20.6. The minimum Gasteiger partial charge on any atom is -0.457 e. The molecule has 10 aromatic carbocycles. The number of aromatic nitrogens is 2. The Hall–Kier alpha value is -9.45. The second kappa shape index (κ2) is 18.9. The number of benzene rings is 10. The highest BCUT2D eigenvalue weighted by atomic mass is 16.5. The van der Waals surface area contributed by atoms with Crippen molar-refractivity contribution in [3.05, 3.63) is 288 Å². The Balaban J connectivity index is 0.910. The zero-order valence-corrected chi connectivity index (χ0v) is 46.2. The maximum absolute atomic E-state index is 6.99. The highest BCUT2D eigenvalue weighted by Crippen LogP contribution is 2.59. The van der Waals surface area contributed by atoms with Crippen molar-refractivity contribution in [1.82, 2.24) is 9.55 Å². The first-order chi connectivity index (χ1) is 38.9. The van der Waals surface area contributed by atoms with Crippen LogP contribution < -0.4 is 14.5 Å². The monoisotopic (exact) mass is 1030 g/mol. The second-order valence-corrected chi connectivity index (χ2v) is 23.6.